The first-order chi connectivity index (χ1) is 10.1. The number of fused-ring (bicyclic) bond motifs is 1. The Hall–Kier alpha value is -2.20. The summed E-state index contributed by atoms with van der Waals surface area (Å²) < 4.78 is 0. The molecule has 0 heterocycles. The van der Waals surface area contributed by atoms with Crippen molar-refractivity contribution in [1.82, 2.24) is 0 Å². The van der Waals surface area contributed by atoms with E-state index in [9.17, 15) is 4.79 Å². The fourth-order valence-electron chi connectivity index (χ4n) is 2.71. The van der Waals surface area contributed by atoms with Crippen molar-refractivity contribution >= 4 is 28.8 Å². The second kappa shape index (κ2) is 5.66. The maximum Gasteiger partial charge on any atom is 0.255 e. The van der Waals surface area contributed by atoms with Crippen LogP contribution in [0.25, 0.3) is 0 Å². The van der Waals surface area contributed by atoms with Crippen molar-refractivity contribution in [2.75, 3.05) is 5.32 Å². The first-order valence-electron chi connectivity index (χ1n) is 6.97. The van der Waals surface area contributed by atoms with Crippen molar-refractivity contribution in [1.29, 1.82) is 0 Å². The number of aryl methyl sites for hydroxylation is 2. The van der Waals surface area contributed by atoms with Gasteiger partial charge in [-0.05, 0) is 54.7 Å². The van der Waals surface area contributed by atoms with Crippen LogP contribution in [0.2, 0.25) is 0 Å². The zero-order valence-electron chi connectivity index (χ0n) is 11.6. The van der Waals surface area contributed by atoms with Crippen LogP contribution >= 0.6 is 12.2 Å². The molecule has 3 rings (SSSR count). The van der Waals surface area contributed by atoms with Crippen molar-refractivity contribution in [3.63, 3.8) is 0 Å². The van der Waals surface area contributed by atoms with E-state index in [0.717, 1.165) is 12.8 Å². The van der Waals surface area contributed by atoms with E-state index in [1.54, 1.807) is 12.1 Å². The monoisotopic (exact) mass is 296 g/mol. The highest BCUT2D eigenvalue weighted by Crippen LogP contribution is 2.23. The van der Waals surface area contributed by atoms with Gasteiger partial charge in [-0.15, -0.1) is 0 Å². The zero-order valence-corrected chi connectivity index (χ0v) is 12.4. The number of nitrogens with two attached hydrogens (primary N) is 1. The molecule has 106 valence electrons. The van der Waals surface area contributed by atoms with E-state index in [-0.39, 0.29) is 10.9 Å². The normalized spacial score (nSPS) is 12.8. The van der Waals surface area contributed by atoms with Gasteiger partial charge in [-0.2, -0.15) is 0 Å². The lowest BCUT2D eigenvalue weighted by molar-refractivity contribution is 0.102. The number of carbonyl (C=O) groups excluding carboxylic acids is 1. The molecule has 0 unspecified atom stereocenters. The lowest BCUT2D eigenvalue weighted by Crippen LogP contribution is -2.17. The predicted octanol–water partition coefficient (Wildman–Crippen LogP) is 3.06. The quantitative estimate of drug-likeness (QED) is 0.856. The Bertz CT molecular complexity index is 724. The minimum absolute atomic E-state index is 0.131. The molecule has 1 aliphatic carbocycles. The standard InChI is InChI=1S/C17H16N2OS/c18-16(21)14-6-1-2-7-15(14)19-17(20)13-9-8-11-4-3-5-12(11)10-13/h1-2,6-10H,3-5H2,(H2,18,21)(H,19,20). The molecule has 0 aromatic heterocycles. The largest absolute Gasteiger partial charge is 0.389 e. The number of rotatable bonds is 3. The molecule has 3 nitrogen and oxygen atoms in total. The number of thiocarbonyl (C=S) groups is 1. The third kappa shape index (κ3) is 2.81. The van der Waals surface area contributed by atoms with Crippen LogP contribution in [0, 0.1) is 0 Å². The fourth-order valence-corrected chi connectivity index (χ4v) is 2.89. The van der Waals surface area contributed by atoms with Gasteiger partial charge in [-0.1, -0.05) is 30.4 Å². The number of amides is 1. The second-order valence-electron chi connectivity index (χ2n) is 5.20. The van der Waals surface area contributed by atoms with Crippen molar-refractivity contribution in [3.05, 3.63) is 64.7 Å². The Morgan fingerprint density at radius 1 is 1.10 bits per heavy atom. The molecule has 2 aromatic rings. The fraction of sp³-hybridized carbons (Fsp3) is 0.176. The molecular weight excluding hydrogens is 280 g/mol. The maximum absolute atomic E-state index is 12.4. The number of carbonyl (C=O) groups is 1. The first kappa shape index (κ1) is 13.8. The Morgan fingerprint density at radius 2 is 1.86 bits per heavy atom. The number of hydrogen-bond acceptors (Lipinski definition) is 2. The molecule has 4 heteroatoms. The summed E-state index contributed by atoms with van der Waals surface area (Å²) in [5.41, 5.74) is 10.3. The smallest absolute Gasteiger partial charge is 0.255 e. The van der Waals surface area contributed by atoms with Crippen LogP contribution in [0.5, 0.6) is 0 Å². The van der Waals surface area contributed by atoms with Crippen LogP contribution in [-0.2, 0) is 12.8 Å². The van der Waals surface area contributed by atoms with E-state index in [4.69, 9.17) is 18.0 Å². The molecule has 1 amide bonds. The van der Waals surface area contributed by atoms with Crippen LogP contribution in [0.15, 0.2) is 42.5 Å². The lowest BCUT2D eigenvalue weighted by Gasteiger charge is -2.10. The molecule has 0 aliphatic heterocycles. The highest BCUT2D eigenvalue weighted by atomic mass is 32.1. The van der Waals surface area contributed by atoms with E-state index >= 15 is 0 Å². The summed E-state index contributed by atoms with van der Waals surface area (Å²) in [5, 5.41) is 2.89. The minimum atomic E-state index is -0.131. The summed E-state index contributed by atoms with van der Waals surface area (Å²) in [6, 6.07) is 13.2. The van der Waals surface area contributed by atoms with E-state index in [1.165, 1.54) is 17.5 Å². The van der Waals surface area contributed by atoms with Crippen molar-refractivity contribution in [3.8, 4) is 0 Å². The summed E-state index contributed by atoms with van der Waals surface area (Å²) in [7, 11) is 0. The lowest BCUT2D eigenvalue weighted by atomic mass is 10.1. The Morgan fingerprint density at radius 3 is 2.67 bits per heavy atom. The molecule has 0 saturated heterocycles. The van der Waals surface area contributed by atoms with Gasteiger partial charge in [0.2, 0.25) is 0 Å². The van der Waals surface area contributed by atoms with Gasteiger partial charge in [-0.25, -0.2) is 0 Å². The van der Waals surface area contributed by atoms with Gasteiger partial charge in [0, 0.05) is 11.1 Å². The molecule has 0 bridgehead atoms. The number of anilines is 1. The Balaban J connectivity index is 1.85. The average Bonchev–Trinajstić information content (AvgIpc) is 2.94. The predicted molar refractivity (Wildman–Crippen MR) is 88.7 cm³/mol. The highest BCUT2D eigenvalue weighted by molar-refractivity contribution is 7.80. The minimum Gasteiger partial charge on any atom is -0.389 e. The maximum atomic E-state index is 12.4. The molecule has 0 spiro atoms. The van der Waals surface area contributed by atoms with Crippen molar-refractivity contribution in [2.24, 2.45) is 5.73 Å². The summed E-state index contributed by atoms with van der Waals surface area (Å²) in [6.07, 6.45) is 3.34. The van der Waals surface area contributed by atoms with E-state index in [0.29, 0.717) is 16.8 Å². The molecule has 1 aliphatic rings. The van der Waals surface area contributed by atoms with Crippen LogP contribution in [0.3, 0.4) is 0 Å². The van der Waals surface area contributed by atoms with E-state index in [1.807, 2.05) is 24.3 Å². The SMILES string of the molecule is NC(=S)c1ccccc1NC(=O)c1ccc2c(c1)CCC2. The molecule has 0 fully saturated rings. The topological polar surface area (TPSA) is 55.1 Å². The van der Waals surface area contributed by atoms with Crippen LogP contribution < -0.4 is 11.1 Å². The number of nitrogens with one attached hydrogen (secondary N) is 1. The summed E-state index contributed by atoms with van der Waals surface area (Å²) in [6.45, 7) is 0. The molecule has 2 aromatic carbocycles. The molecular formula is C17H16N2OS. The Labute approximate surface area is 129 Å². The molecule has 0 atom stereocenters. The Kier molecular flexibility index (Phi) is 3.71. The average molecular weight is 296 g/mol. The van der Waals surface area contributed by atoms with Gasteiger partial charge in [0.05, 0.1) is 5.69 Å². The van der Waals surface area contributed by atoms with Gasteiger partial charge in [-0.3, -0.25) is 4.79 Å². The van der Waals surface area contributed by atoms with Gasteiger partial charge < -0.3 is 11.1 Å². The summed E-state index contributed by atoms with van der Waals surface area (Å²) in [5.74, 6) is -0.131. The second-order valence-corrected chi connectivity index (χ2v) is 5.64. The third-order valence-electron chi connectivity index (χ3n) is 3.80. The molecule has 0 radical (unpaired) electrons. The van der Waals surface area contributed by atoms with Crippen molar-refractivity contribution < 1.29 is 4.79 Å². The van der Waals surface area contributed by atoms with Gasteiger partial charge in [0.25, 0.3) is 5.91 Å². The first-order valence-corrected chi connectivity index (χ1v) is 7.38. The molecule has 0 saturated carbocycles. The number of para-hydroxylation sites is 1. The molecule has 21 heavy (non-hydrogen) atoms. The van der Waals surface area contributed by atoms with Crippen molar-refractivity contribution in [2.45, 2.75) is 19.3 Å². The highest BCUT2D eigenvalue weighted by Gasteiger charge is 2.15. The number of benzene rings is 2. The number of hydrogen-bond donors (Lipinski definition) is 2. The van der Waals surface area contributed by atoms with E-state index in [2.05, 4.69) is 11.4 Å². The van der Waals surface area contributed by atoms with Gasteiger partial charge in [0.15, 0.2) is 0 Å². The summed E-state index contributed by atoms with van der Waals surface area (Å²) in [4.78, 5) is 12.7. The summed E-state index contributed by atoms with van der Waals surface area (Å²) >= 11 is 5.01. The van der Waals surface area contributed by atoms with Gasteiger partial charge in [0.1, 0.15) is 4.99 Å². The van der Waals surface area contributed by atoms with E-state index < -0.39 is 0 Å². The van der Waals surface area contributed by atoms with Gasteiger partial charge >= 0.3 is 0 Å². The molecule has 3 N–H and O–H groups in total. The van der Waals surface area contributed by atoms with Crippen LogP contribution in [0.4, 0.5) is 5.69 Å². The van der Waals surface area contributed by atoms with Crippen LogP contribution in [0.1, 0.15) is 33.5 Å². The third-order valence-corrected chi connectivity index (χ3v) is 4.02. The zero-order chi connectivity index (χ0) is 14.8. The van der Waals surface area contributed by atoms with Crippen LogP contribution in [-0.4, -0.2) is 10.9 Å².